The maximum Gasteiger partial charge on any atom is 0.279 e. The first-order chi connectivity index (χ1) is 6.38. The van der Waals surface area contributed by atoms with Crippen LogP contribution in [0.1, 0.15) is 0 Å². The van der Waals surface area contributed by atoms with Crippen LogP contribution in [-0.2, 0) is 5.11 Å². The summed E-state index contributed by atoms with van der Waals surface area (Å²) in [5.74, 6) is -0.235. The molecule has 2 rings (SSSR count). The molecule has 0 amide bonds. The van der Waals surface area contributed by atoms with E-state index in [1.54, 1.807) is 24.4 Å². The van der Waals surface area contributed by atoms with Crippen LogP contribution in [0, 0.1) is 0 Å². The van der Waals surface area contributed by atoms with E-state index in [4.69, 9.17) is 0 Å². The van der Waals surface area contributed by atoms with E-state index in [0.29, 0.717) is 11.3 Å². The minimum Gasteiger partial charge on any atom is -0.267 e. The summed E-state index contributed by atoms with van der Waals surface area (Å²) >= 11 is 0. The van der Waals surface area contributed by atoms with Gasteiger partial charge in [0, 0.05) is 12.4 Å². The summed E-state index contributed by atoms with van der Waals surface area (Å²) in [4.78, 5) is 7.73. The lowest BCUT2D eigenvalue weighted by atomic mass is 10.2. The van der Waals surface area contributed by atoms with Crippen LogP contribution < -0.4 is 0 Å². The molecule has 1 radical (unpaired) electrons. The van der Waals surface area contributed by atoms with Crippen molar-refractivity contribution in [1.82, 2.24) is 9.97 Å². The van der Waals surface area contributed by atoms with Crippen molar-refractivity contribution in [2.45, 2.75) is 0 Å². The second kappa shape index (κ2) is 3.23. The van der Waals surface area contributed by atoms with Crippen LogP contribution in [0.2, 0.25) is 0 Å². The van der Waals surface area contributed by atoms with Crippen LogP contribution in [0.25, 0.3) is 11.3 Å². The van der Waals surface area contributed by atoms with E-state index in [-0.39, 0.29) is 5.88 Å². The van der Waals surface area contributed by atoms with Crippen LogP contribution in [0.3, 0.4) is 0 Å². The first-order valence-electron chi connectivity index (χ1n) is 3.91. The van der Waals surface area contributed by atoms with Gasteiger partial charge in [-0.2, -0.15) is 0 Å². The first kappa shape index (κ1) is 7.73. The van der Waals surface area contributed by atoms with Gasteiger partial charge in [0.25, 0.3) is 5.88 Å². The van der Waals surface area contributed by atoms with Gasteiger partial charge in [-0.05, 0) is 24.3 Å². The summed E-state index contributed by atoms with van der Waals surface area (Å²) in [6.45, 7) is 0. The van der Waals surface area contributed by atoms with Gasteiger partial charge in [-0.3, -0.25) is 10.1 Å². The molecule has 0 fully saturated rings. The summed E-state index contributed by atoms with van der Waals surface area (Å²) < 4.78 is 0. The quantitative estimate of drug-likeness (QED) is 0.660. The van der Waals surface area contributed by atoms with Gasteiger partial charge in [0.2, 0.25) is 0 Å². The van der Waals surface area contributed by atoms with Crippen molar-refractivity contribution in [3.8, 4) is 17.1 Å². The first-order valence-corrected chi connectivity index (χ1v) is 3.91. The smallest absolute Gasteiger partial charge is 0.267 e. The highest BCUT2D eigenvalue weighted by Gasteiger charge is 2.05. The van der Waals surface area contributed by atoms with Gasteiger partial charge in [-0.15, -0.1) is 0 Å². The third kappa shape index (κ3) is 1.49. The molecule has 13 heavy (non-hydrogen) atoms. The van der Waals surface area contributed by atoms with Crippen molar-refractivity contribution < 1.29 is 5.11 Å². The predicted molar refractivity (Wildman–Crippen MR) is 47.6 cm³/mol. The van der Waals surface area contributed by atoms with E-state index in [2.05, 4.69) is 9.97 Å². The molecule has 0 bridgehead atoms. The molecule has 2 aromatic rings. The van der Waals surface area contributed by atoms with Crippen molar-refractivity contribution in [3.05, 3.63) is 42.7 Å². The molecule has 0 aliphatic rings. The zero-order valence-electron chi connectivity index (χ0n) is 6.84. The highest BCUT2D eigenvalue weighted by Crippen LogP contribution is 2.24. The lowest BCUT2D eigenvalue weighted by molar-refractivity contribution is 0.339. The zero-order valence-corrected chi connectivity index (χ0v) is 6.84. The monoisotopic (exact) mass is 171 g/mol. The zero-order chi connectivity index (χ0) is 9.10. The Bertz CT molecular complexity index is 401. The lowest BCUT2D eigenvalue weighted by Crippen LogP contribution is -1.83. The molecule has 0 saturated carbocycles. The molecular formula is C10H7N2O. The molecule has 0 unspecified atom stereocenters. The van der Waals surface area contributed by atoms with Crippen molar-refractivity contribution >= 4 is 0 Å². The summed E-state index contributed by atoms with van der Waals surface area (Å²) in [6, 6.07) is 8.89. The van der Waals surface area contributed by atoms with Crippen molar-refractivity contribution in [2.75, 3.05) is 0 Å². The minimum absolute atomic E-state index is 0.235. The van der Waals surface area contributed by atoms with Gasteiger partial charge in [-0.1, -0.05) is 6.07 Å². The van der Waals surface area contributed by atoms with E-state index in [1.165, 1.54) is 6.20 Å². The van der Waals surface area contributed by atoms with Crippen LogP contribution in [0.15, 0.2) is 42.7 Å². The largest absolute Gasteiger partial charge is 0.279 e. The maximum absolute atomic E-state index is 11.3. The highest BCUT2D eigenvalue weighted by atomic mass is 16.3. The van der Waals surface area contributed by atoms with Gasteiger partial charge in [-0.25, -0.2) is 4.98 Å². The lowest BCUT2D eigenvalue weighted by Gasteiger charge is -1.98. The number of hydrogen-bond donors (Lipinski definition) is 0. The van der Waals surface area contributed by atoms with Crippen LogP contribution in [-0.4, -0.2) is 9.97 Å². The van der Waals surface area contributed by atoms with Crippen molar-refractivity contribution in [2.24, 2.45) is 0 Å². The van der Waals surface area contributed by atoms with Crippen molar-refractivity contribution in [3.63, 3.8) is 0 Å². The fourth-order valence-corrected chi connectivity index (χ4v) is 1.11. The molecule has 0 aliphatic carbocycles. The van der Waals surface area contributed by atoms with Crippen molar-refractivity contribution in [1.29, 1.82) is 0 Å². The highest BCUT2D eigenvalue weighted by molar-refractivity contribution is 5.63. The number of pyridine rings is 2. The third-order valence-electron chi connectivity index (χ3n) is 1.71. The molecule has 63 valence electrons. The van der Waals surface area contributed by atoms with E-state index in [9.17, 15) is 5.11 Å². The van der Waals surface area contributed by atoms with E-state index in [0.717, 1.165) is 0 Å². The summed E-state index contributed by atoms with van der Waals surface area (Å²) in [7, 11) is 0. The minimum atomic E-state index is -0.235. The topological polar surface area (TPSA) is 45.7 Å². The number of nitrogens with zero attached hydrogens (tertiary/aromatic N) is 2. The van der Waals surface area contributed by atoms with E-state index in [1.807, 2.05) is 12.1 Å². The average molecular weight is 171 g/mol. The second-order valence-electron chi connectivity index (χ2n) is 2.57. The molecule has 0 N–H and O–H groups in total. The fourth-order valence-electron chi connectivity index (χ4n) is 1.11. The predicted octanol–water partition coefficient (Wildman–Crippen LogP) is 2.29. The standard InChI is InChI=1S/C10H7N2O/c13-10-8(4-3-7-12-10)9-5-1-2-6-11-9/h1-7H. The van der Waals surface area contributed by atoms with E-state index < -0.39 is 0 Å². The molecule has 0 atom stereocenters. The average Bonchev–Trinajstić information content (AvgIpc) is 2.20. The van der Waals surface area contributed by atoms with Gasteiger partial charge in [0.1, 0.15) is 0 Å². The third-order valence-corrected chi connectivity index (χ3v) is 1.71. The SMILES string of the molecule is [O]c1ncccc1-c1ccccn1. The maximum atomic E-state index is 11.3. The van der Waals surface area contributed by atoms with Gasteiger partial charge < -0.3 is 0 Å². The van der Waals surface area contributed by atoms with Crippen LogP contribution >= 0.6 is 0 Å². The summed E-state index contributed by atoms with van der Waals surface area (Å²) in [5.41, 5.74) is 1.21. The molecule has 0 spiro atoms. The molecule has 2 heterocycles. The molecule has 3 heteroatoms. The Morgan fingerprint density at radius 1 is 0.923 bits per heavy atom. The van der Waals surface area contributed by atoms with E-state index >= 15 is 0 Å². The molecule has 0 aliphatic heterocycles. The number of aromatic nitrogens is 2. The van der Waals surface area contributed by atoms with Crippen LogP contribution in [0.4, 0.5) is 0 Å². The number of hydrogen-bond acceptors (Lipinski definition) is 2. The molecule has 0 aromatic carbocycles. The Morgan fingerprint density at radius 2 is 1.77 bits per heavy atom. The van der Waals surface area contributed by atoms with Gasteiger partial charge >= 0.3 is 0 Å². The molecular weight excluding hydrogens is 164 g/mol. The Balaban J connectivity index is 2.54. The fraction of sp³-hybridized carbons (Fsp3) is 0. The normalized spacial score (nSPS) is 9.85. The Hall–Kier alpha value is -1.90. The van der Waals surface area contributed by atoms with Gasteiger partial charge in [0.15, 0.2) is 0 Å². The van der Waals surface area contributed by atoms with Gasteiger partial charge in [0.05, 0.1) is 11.3 Å². The summed E-state index contributed by atoms with van der Waals surface area (Å²) in [6.07, 6.45) is 3.14. The summed E-state index contributed by atoms with van der Waals surface area (Å²) in [5, 5.41) is 11.3. The Morgan fingerprint density at radius 3 is 2.46 bits per heavy atom. The second-order valence-corrected chi connectivity index (χ2v) is 2.57. The Labute approximate surface area is 75.7 Å². The Kier molecular flexibility index (Phi) is 1.92. The number of rotatable bonds is 1. The molecule has 3 nitrogen and oxygen atoms in total. The molecule has 0 saturated heterocycles. The molecule has 2 aromatic heterocycles. The van der Waals surface area contributed by atoms with Crippen LogP contribution in [0.5, 0.6) is 5.88 Å².